The van der Waals surface area contributed by atoms with E-state index in [0.717, 1.165) is 5.56 Å². The fourth-order valence-electron chi connectivity index (χ4n) is 2.92. The van der Waals surface area contributed by atoms with Crippen LogP contribution >= 0.6 is 11.6 Å². The molecule has 4 rings (SSSR count). The van der Waals surface area contributed by atoms with Crippen molar-refractivity contribution >= 4 is 34.8 Å². The van der Waals surface area contributed by atoms with Crippen molar-refractivity contribution in [1.29, 1.82) is 0 Å². The van der Waals surface area contributed by atoms with E-state index in [0.29, 0.717) is 22.1 Å². The maximum absolute atomic E-state index is 13.1. The highest BCUT2D eigenvalue weighted by Gasteiger charge is 2.30. The van der Waals surface area contributed by atoms with Crippen LogP contribution in [-0.2, 0) is 4.79 Å². The standard InChI is InChI=1S/C21H16ClN3O3/c1-13-4-7-15(8-5-13)24-19(26)12-25-17-11-14(22)6-9-18(17)28-20-16(21(25)27)3-2-10-23-20/h2-11H,12H2,1H3,(H,24,26). The van der Waals surface area contributed by atoms with Gasteiger partial charge in [0.15, 0.2) is 5.75 Å². The number of fused-ring (bicyclic) bond motifs is 2. The molecule has 0 unspecified atom stereocenters. The number of aryl methyl sites for hydroxylation is 1. The largest absolute Gasteiger partial charge is 0.436 e. The van der Waals surface area contributed by atoms with E-state index in [4.69, 9.17) is 16.3 Å². The summed E-state index contributed by atoms with van der Waals surface area (Å²) in [5.74, 6) is -0.130. The summed E-state index contributed by atoms with van der Waals surface area (Å²) in [7, 11) is 0. The first-order valence-corrected chi connectivity index (χ1v) is 9.00. The van der Waals surface area contributed by atoms with E-state index in [1.54, 1.807) is 36.5 Å². The summed E-state index contributed by atoms with van der Waals surface area (Å²) in [5, 5.41) is 3.23. The van der Waals surface area contributed by atoms with Gasteiger partial charge in [0.05, 0.1) is 5.69 Å². The Morgan fingerprint density at radius 3 is 2.75 bits per heavy atom. The number of amides is 2. The molecule has 1 N–H and O–H groups in total. The molecule has 6 nitrogen and oxygen atoms in total. The lowest BCUT2D eigenvalue weighted by Crippen LogP contribution is -2.37. The number of nitrogens with zero attached hydrogens (tertiary/aromatic N) is 2. The number of carbonyl (C=O) groups excluding carboxylic acids is 2. The minimum atomic E-state index is -0.386. The summed E-state index contributed by atoms with van der Waals surface area (Å²) < 4.78 is 5.81. The number of ether oxygens (including phenoxy) is 1. The number of carbonyl (C=O) groups is 2. The predicted molar refractivity (Wildman–Crippen MR) is 107 cm³/mol. The van der Waals surface area contributed by atoms with Gasteiger partial charge >= 0.3 is 0 Å². The topological polar surface area (TPSA) is 71.5 Å². The third kappa shape index (κ3) is 3.54. The van der Waals surface area contributed by atoms with E-state index in [9.17, 15) is 9.59 Å². The second-order valence-electron chi connectivity index (χ2n) is 6.38. The SMILES string of the molecule is Cc1ccc(NC(=O)CN2C(=O)c3cccnc3Oc3ccc(Cl)cc32)cc1. The molecule has 0 fully saturated rings. The molecule has 2 amide bonds. The molecule has 1 aliphatic rings. The van der Waals surface area contributed by atoms with Gasteiger partial charge in [0.1, 0.15) is 12.1 Å². The third-order valence-corrected chi connectivity index (χ3v) is 4.54. The van der Waals surface area contributed by atoms with E-state index in [2.05, 4.69) is 10.3 Å². The van der Waals surface area contributed by atoms with E-state index in [-0.39, 0.29) is 29.8 Å². The van der Waals surface area contributed by atoms with Crippen molar-refractivity contribution in [3.8, 4) is 11.6 Å². The summed E-state index contributed by atoms with van der Waals surface area (Å²) in [4.78, 5) is 31.2. The maximum atomic E-state index is 13.1. The van der Waals surface area contributed by atoms with Crippen LogP contribution in [0.2, 0.25) is 5.02 Å². The minimum absolute atomic E-state index is 0.192. The molecular weight excluding hydrogens is 378 g/mol. The number of anilines is 2. The Morgan fingerprint density at radius 1 is 1.18 bits per heavy atom. The fraction of sp³-hybridized carbons (Fsp3) is 0.0952. The second-order valence-corrected chi connectivity index (χ2v) is 6.81. The lowest BCUT2D eigenvalue weighted by Gasteiger charge is -2.21. The zero-order valence-corrected chi connectivity index (χ0v) is 15.7. The Bertz CT molecular complexity index is 1070. The molecule has 2 aromatic carbocycles. The molecule has 0 spiro atoms. The molecule has 2 heterocycles. The molecule has 28 heavy (non-hydrogen) atoms. The van der Waals surface area contributed by atoms with Crippen LogP contribution in [0.4, 0.5) is 11.4 Å². The summed E-state index contributed by atoms with van der Waals surface area (Å²) >= 11 is 6.13. The first-order valence-electron chi connectivity index (χ1n) is 8.62. The number of pyridine rings is 1. The molecule has 7 heteroatoms. The molecule has 1 aliphatic heterocycles. The van der Waals surface area contributed by atoms with Gasteiger partial charge in [-0.1, -0.05) is 29.3 Å². The Kier molecular flexibility index (Phi) is 4.71. The van der Waals surface area contributed by atoms with Gasteiger partial charge in [0, 0.05) is 16.9 Å². The number of hydrogen-bond donors (Lipinski definition) is 1. The molecule has 1 aromatic heterocycles. The number of rotatable bonds is 3. The van der Waals surface area contributed by atoms with Gasteiger partial charge in [0.25, 0.3) is 5.91 Å². The molecule has 0 saturated heterocycles. The van der Waals surface area contributed by atoms with Crippen molar-refractivity contribution in [2.75, 3.05) is 16.8 Å². The summed E-state index contributed by atoms with van der Waals surface area (Å²) in [6.45, 7) is 1.77. The monoisotopic (exact) mass is 393 g/mol. The average Bonchev–Trinajstić information content (AvgIpc) is 2.79. The summed E-state index contributed by atoms with van der Waals surface area (Å²) in [6, 6.07) is 15.6. The molecule has 0 bridgehead atoms. The quantitative estimate of drug-likeness (QED) is 0.714. The highest BCUT2D eigenvalue weighted by Crippen LogP contribution is 2.39. The van der Waals surface area contributed by atoms with E-state index < -0.39 is 0 Å². The lowest BCUT2D eigenvalue weighted by molar-refractivity contribution is -0.114. The summed E-state index contributed by atoms with van der Waals surface area (Å²) in [5.41, 5.74) is 2.43. The van der Waals surface area contributed by atoms with Crippen LogP contribution in [0.25, 0.3) is 0 Å². The van der Waals surface area contributed by atoms with Crippen molar-refractivity contribution < 1.29 is 14.3 Å². The molecule has 0 aliphatic carbocycles. The highest BCUT2D eigenvalue weighted by atomic mass is 35.5. The molecule has 0 saturated carbocycles. The minimum Gasteiger partial charge on any atom is -0.436 e. The van der Waals surface area contributed by atoms with E-state index >= 15 is 0 Å². The third-order valence-electron chi connectivity index (χ3n) is 4.30. The van der Waals surface area contributed by atoms with Crippen LogP contribution < -0.4 is 15.0 Å². The number of halogens is 1. The zero-order valence-electron chi connectivity index (χ0n) is 15.0. The number of nitrogens with one attached hydrogen (secondary N) is 1. The zero-order chi connectivity index (χ0) is 19.7. The number of aromatic nitrogens is 1. The summed E-state index contributed by atoms with van der Waals surface area (Å²) in [6.07, 6.45) is 1.54. The van der Waals surface area contributed by atoms with Crippen molar-refractivity contribution in [2.24, 2.45) is 0 Å². The smallest absolute Gasteiger partial charge is 0.264 e. The Morgan fingerprint density at radius 2 is 1.96 bits per heavy atom. The Hall–Kier alpha value is -3.38. The van der Waals surface area contributed by atoms with Gasteiger partial charge in [0.2, 0.25) is 11.8 Å². The van der Waals surface area contributed by atoms with Crippen molar-refractivity contribution in [3.63, 3.8) is 0 Å². The first kappa shape index (κ1) is 18.0. The van der Waals surface area contributed by atoms with Crippen LogP contribution in [0, 0.1) is 6.92 Å². The van der Waals surface area contributed by atoms with Crippen LogP contribution in [0.3, 0.4) is 0 Å². The van der Waals surface area contributed by atoms with Crippen molar-refractivity contribution in [3.05, 3.63) is 76.9 Å². The normalized spacial score (nSPS) is 12.5. The molecular formula is C21H16ClN3O3. The first-order chi connectivity index (χ1) is 13.5. The number of benzene rings is 2. The van der Waals surface area contributed by atoms with E-state index in [1.165, 1.54) is 4.90 Å². The van der Waals surface area contributed by atoms with Gasteiger partial charge in [-0.2, -0.15) is 0 Å². The van der Waals surface area contributed by atoms with Gasteiger partial charge in [-0.05, 0) is 49.4 Å². The average molecular weight is 394 g/mol. The Balaban J connectivity index is 1.68. The van der Waals surface area contributed by atoms with Crippen LogP contribution in [0.5, 0.6) is 11.6 Å². The van der Waals surface area contributed by atoms with Gasteiger partial charge in [-0.3, -0.25) is 14.5 Å². The van der Waals surface area contributed by atoms with Crippen molar-refractivity contribution in [1.82, 2.24) is 4.98 Å². The molecule has 0 atom stereocenters. The molecule has 0 radical (unpaired) electrons. The molecule has 3 aromatic rings. The van der Waals surface area contributed by atoms with Crippen LogP contribution in [-0.4, -0.2) is 23.3 Å². The Labute approximate surface area is 166 Å². The van der Waals surface area contributed by atoms with Crippen LogP contribution in [0.1, 0.15) is 15.9 Å². The fourth-order valence-corrected chi connectivity index (χ4v) is 3.09. The second kappa shape index (κ2) is 7.32. The van der Waals surface area contributed by atoms with Gasteiger partial charge < -0.3 is 10.1 Å². The molecule has 140 valence electrons. The van der Waals surface area contributed by atoms with Crippen molar-refractivity contribution in [2.45, 2.75) is 6.92 Å². The predicted octanol–water partition coefficient (Wildman–Crippen LogP) is 4.43. The number of hydrogen-bond acceptors (Lipinski definition) is 4. The highest BCUT2D eigenvalue weighted by molar-refractivity contribution is 6.31. The lowest BCUT2D eigenvalue weighted by atomic mass is 10.2. The van der Waals surface area contributed by atoms with Gasteiger partial charge in [-0.25, -0.2) is 4.98 Å². The van der Waals surface area contributed by atoms with Crippen LogP contribution in [0.15, 0.2) is 60.8 Å². The van der Waals surface area contributed by atoms with E-state index in [1.807, 2.05) is 31.2 Å². The van der Waals surface area contributed by atoms with Gasteiger partial charge in [-0.15, -0.1) is 0 Å². The maximum Gasteiger partial charge on any atom is 0.264 e.